The third kappa shape index (κ3) is 4.49. The smallest absolute Gasteiger partial charge is 0.217 e. The molecule has 21 heavy (non-hydrogen) atoms. The molecule has 1 heterocycles. The predicted octanol–water partition coefficient (Wildman–Crippen LogP) is 2.40. The van der Waals surface area contributed by atoms with Gasteiger partial charge in [-0.3, -0.25) is 0 Å². The highest BCUT2D eigenvalue weighted by atomic mass is 32.2. The fourth-order valence-electron chi connectivity index (χ4n) is 2.54. The van der Waals surface area contributed by atoms with Crippen molar-refractivity contribution < 1.29 is 17.5 Å². The lowest BCUT2D eigenvalue weighted by Gasteiger charge is -2.29. The maximum Gasteiger partial charge on any atom is 0.217 e. The summed E-state index contributed by atoms with van der Waals surface area (Å²) in [4.78, 5) is 0. The molecule has 2 rings (SSSR count). The minimum atomic E-state index is -3.35. The topological polar surface area (TPSA) is 46.6 Å². The fraction of sp³-hybridized carbons (Fsp3) is 0.600. The largest absolute Gasteiger partial charge is 0.379 e. The summed E-state index contributed by atoms with van der Waals surface area (Å²) in [5.74, 6) is 0.0603. The van der Waals surface area contributed by atoms with Crippen LogP contribution in [0.5, 0.6) is 0 Å². The Hall–Kier alpha value is -0.980. The van der Waals surface area contributed by atoms with E-state index in [9.17, 15) is 12.8 Å². The average molecular weight is 315 g/mol. The number of benzene rings is 1. The van der Waals surface area contributed by atoms with Crippen molar-refractivity contribution in [2.45, 2.75) is 32.9 Å². The standard InChI is InChI=1S/C15H22FNO3S/c1-12(2)9-15-11-20-7-8-21(18,19)17(15)10-13-3-5-14(16)6-4-13/h3-6,12,15H,7-11H2,1-2H3/t15-/m0/s1. The molecule has 1 saturated heterocycles. The maximum absolute atomic E-state index is 13.0. The second-order valence-electron chi connectivity index (χ2n) is 5.85. The lowest BCUT2D eigenvalue weighted by atomic mass is 10.0. The van der Waals surface area contributed by atoms with Crippen molar-refractivity contribution in [3.8, 4) is 0 Å². The number of sulfonamides is 1. The van der Waals surface area contributed by atoms with Crippen LogP contribution in [0, 0.1) is 11.7 Å². The molecule has 1 aliphatic heterocycles. The van der Waals surface area contributed by atoms with E-state index >= 15 is 0 Å². The highest BCUT2D eigenvalue weighted by Gasteiger charge is 2.33. The zero-order chi connectivity index (χ0) is 15.5. The summed E-state index contributed by atoms with van der Waals surface area (Å²) in [6, 6.07) is 5.80. The van der Waals surface area contributed by atoms with Crippen LogP contribution < -0.4 is 0 Å². The second kappa shape index (κ2) is 6.85. The summed E-state index contributed by atoms with van der Waals surface area (Å²) in [6.45, 7) is 5.04. The molecule has 0 unspecified atom stereocenters. The van der Waals surface area contributed by atoms with Crippen LogP contribution in [0.2, 0.25) is 0 Å². The van der Waals surface area contributed by atoms with Crippen LogP contribution in [0.4, 0.5) is 4.39 Å². The van der Waals surface area contributed by atoms with E-state index in [0.717, 1.165) is 12.0 Å². The number of hydrogen-bond donors (Lipinski definition) is 0. The van der Waals surface area contributed by atoms with Crippen LogP contribution in [-0.2, 0) is 21.3 Å². The van der Waals surface area contributed by atoms with Crippen molar-refractivity contribution >= 4 is 10.0 Å². The highest BCUT2D eigenvalue weighted by Crippen LogP contribution is 2.22. The van der Waals surface area contributed by atoms with E-state index in [0.29, 0.717) is 12.5 Å². The van der Waals surface area contributed by atoms with Crippen LogP contribution in [0.3, 0.4) is 0 Å². The first-order valence-corrected chi connectivity index (χ1v) is 8.81. The monoisotopic (exact) mass is 315 g/mol. The highest BCUT2D eigenvalue weighted by molar-refractivity contribution is 7.89. The Morgan fingerprint density at radius 1 is 1.33 bits per heavy atom. The molecular weight excluding hydrogens is 293 g/mol. The molecule has 1 aromatic rings. The quantitative estimate of drug-likeness (QED) is 0.857. The summed E-state index contributed by atoms with van der Waals surface area (Å²) < 4.78 is 44.8. The van der Waals surface area contributed by atoms with E-state index < -0.39 is 10.0 Å². The van der Waals surface area contributed by atoms with Crippen LogP contribution in [0.15, 0.2) is 24.3 Å². The van der Waals surface area contributed by atoms with Gasteiger partial charge in [-0.2, -0.15) is 4.31 Å². The van der Waals surface area contributed by atoms with Gasteiger partial charge in [0, 0.05) is 12.6 Å². The van der Waals surface area contributed by atoms with Gasteiger partial charge in [0.15, 0.2) is 0 Å². The Bertz CT molecular complexity index is 557. The summed E-state index contributed by atoms with van der Waals surface area (Å²) in [5, 5.41) is 0. The number of halogens is 1. The van der Waals surface area contributed by atoms with Gasteiger partial charge in [0.05, 0.1) is 19.0 Å². The third-order valence-electron chi connectivity index (χ3n) is 3.56. The molecule has 0 aromatic heterocycles. The van der Waals surface area contributed by atoms with Gasteiger partial charge < -0.3 is 4.74 Å². The van der Waals surface area contributed by atoms with Gasteiger partial charge in [0.2, 0.25) is 10.0 Å². The molecule has 0 radical (unpaired) electrons. The molecule has 0 bridgehead atoms. The minimum Gasteiger partial charge on any atom is -0.379 e. The zero-order valence-corrected chi connectivity index (χ0v) is 13.3. The molecule has 118 valence electrons. The molecular formula is C15H22FNO3S. The Labute approximate surface area is 126 Å². The van der Waals surface area contributed by atoms with Gasteiger partial charge in [0.1, 0.15) is 5.82 Å². The van der Waals surface area contributed by atoms with Gasteiger partial charge in [-0.1, -0.05) is 26.0 Å². The first kappa shape index (κ1) is 16.4. The summed E-state index contributed by atoms with van der Waals surface area (Å²) >= 11 is 0. The zero-order valence-electron chi connectivity index (χ0n) is 12.5. The van der Waals surface area contributed by atoms with E-state index in [4.69, 9.17) is 4.74 Å². The fourth-order valence-corrected chi connectivity index (χ4v) is 4.05. The lowest BCUT2D eigenvalue weighted by Crippen LogP contribution is -2.42. The van der Waals surface area contributed by atoms with Gasteiger partial charge in [-0.05, 0) is 30.0 Å². The minimum absolute atomic E-state index is 0.00277. The Balaban J connectivity index is 2.24. The molecule has 1 atom stereocenters. The molecule has 1 fully saturated rings. The number of nitrogens with zero attached hydrogens (tertiary/aromatic N) is 1. The Morgan fingerprint density at radius 2 is 2.00 bits per heavy atom. The van der Waals surface area contributed by atoms with E-state index in [1.807, 2.05) is 0 Å². The normalized spacial score (nSPS) is 23.1. The van der Waals surface area contributed by atoms with E-state index in [-0.39, 0.29) is 30.8 Å². The van der Waals surface area contributed by atoms with Gasteiger partial charge in [-0.25, -0.2) is 12.8 Å². The van der Waals surface area contributed by atoms with E-state index in [1.165, 1.54) is 16.4 Å². The molecule has 0 spiro atoms. The van der Waals surface area contributed by atoms with Crippen molar-refractivity contribution in [1.82, 2.24) is 4.31 Å². The van der Waals surface area contributed by atoms with Gasteiger partial charge in [0.25, 0.3) is 0 Å². The van der Waals surface area contributed by atoms with Crippen molar-refractivity contribution in [3.63, 3.8) is 0 Å². The first-order valence-electron chi connectivity index (χ1n) is 7.20. The molecule has 0 saturated carbocycles. The van der Waals surface area contributed by atoms with Crippen LogP contribution in [0.25, 0.3) is 0 Å². The molecule has 6 heteroatoms. The number of ether oxygens (including phenoxy) is 1. The molecule has 1 aliphatic rings. The third-order valence-corrected chi connectivity index (χ3v) is 5.38. The lowest BCUT2D eigenvalue weighted by molar-refractivity contribution is 0.100. The van der Waals surface area contributed by atoms with Crippen molar-refractivity contribution in [3.05, 3.63) is 35.6 Å². The van der Waals surface area contributed by atoms with Crippen molar-refractivity contribution in [2.75, 3.05) is 19.0 Å². The number of rotatable bonds is 4. The Kier molecular flexibility index (Phi) is 5.35. The first-order chi connectivity index (χ1) is 9.88. The van der Waals surface area contributed by atoms with E-state index in [2.05, 4.69) is 13.8 Å². The number of hydrogen-bond acceptors (Lipinski definition) is 3. The van der Waals surface area contributed by atoms with Crippen molar-refractivity contribution in [2.24, 2.45) is 5.92 Å². The predicted molar refractivity (Wildman–Crippen MR) is 79.8 cm³/mol. The van der Waals surface area contributed by atoms with Crippen LogP contribution in [0.1, 0.15) is 25.8 Å². The second-order valence-corrected chi connectivity index (χ2v) is 7.89. The molecule has 0 aliphatic carbocycles. The molecule has 4 nitrogen and oxygen atoms in total. The summed E-state index contributed by atoms with van der Waals surface area (Å²) in [5.41, 5.74) is 0.788. The SMILES string of the molecule is CC(C)C[C@H]1COCCS(=O)(=O)N1Cc1ccc(F)cc1. The summed E-state index contributed by atoms with van der Waals surface area (Å²) in [7, 11) is -3.35. The molecule has 1 aromatic carbocycles. The maximum atomic E-state index is 13.0. The Morgan fingerprint density at radius 3 is 2.62 bits per heavy atom. The van der Waals surface area contributed by atoms with E-state index in [1.54, 1.807) is 12.1 Å². The van der Waals surface area contributed by atoms with Crippen molar-refractivity contribution in [1.29, 1.82) is 0 Å². The van der Waals surface area contributed by atoms with Gasteiger partial charge >= 0.3 is 0 Å². The van der Waals surface area contributed by atoms with Crippen LogP contribution >= 0.6 is 0 Å². The average Bonchev–Trinajstić information content (AvgIpc) is 2.53. The van der Waals surface area contributed by atoms with Gasteiger partial charge in [-0.15, -0.1) is 0 Å². The van der Waals surface area contributed by atoms with Crippen LogP contribution in [-0.4, -0.2) is 37.7 Å². The molecule has 0 N–H and O–H groups in total. The molecule has 0 amide bonds. The summed E-state index contributed by atoms with van der Waals surface area (Å²) in [6.07, 6.45) is 0.750.